The Morgan fingerprint density at radius 1 is 1.48 bits per heavy atom. The van der Waals surface area contributed by atoms with Crippen LogP contribution in [-0.2, 0) is 17.8 Å². The van der Waals surface area contributed by atoms with Crippen LogP contribution in [0.4, 0.5) is 5.95 Å². The number of aromatic nitrogens is 5. The van der Waals surface area contributed by atoms with E-state index in [2.05, 4.69) is 25.8 Å². The smallest absolute Gasteiger partial charge is 0.242 e. The van der Waals surface area contributed by atoms with Crippen LogP contribution in [0.1, 0.15) is 18.5 Å². The second-order valence-corrected chi connectivity index (χ2v) is 5.78. The lowest BCUT2D eigenvalue weighted by Crippen LogP contribution is -2.49. The molecule has 2 heterocycles. The van der Waals surface area contributed by atoms with Crippen molar-refractivity contribution in [1.29, 1.82) is 0 Å². The summed E-state index contributed by atoms with van der Waals surface area (Å²) >= 11 is 0. The van der Waals surface area contributed by atoms with Crippen LogP contribution < -0.4 is 11.1 Å². The Balaban J connectivity index is 1.63. The number of amides is 1. The number of pyridine rings is 1. The number of anilines is 1. The summed E-state index contributed by atoms with van der Waals surface area (Å²) < 4.78 is 1.24. The summed E-state index contributed by atoms with van der Waals surface area (Å²) in [4.78, 5) is 16.5. The first kappa shape index (κ1) is 15.3. The zero-order valence-electron chi connectivity index (χ0n) is 12.5. The highest BCUT2D eigenvalue weighted by molar-refractivity contribution is 5.76. The third-order valence-electron chi connectivity index (χ3n) is 4.07. The molecule has 23 heavy (non-hydrogen) atoms. The number of hydrogen-bond acceptors (Lipinski definition) is 7. The fraction of sp³-hybridized carbons (Fsp3) is 0.500. The zero-order chi connectivity index (χ0) is 16.2. The molecule has 2 aromatic rings. The van der Waals surface area contributed by atoms with Gasteiger partial charge in [0.15, 0.2) is 0 Å². The van der Waals surface area contributed by atoms with E-state index in [-0.39, 0.29) is 36.5 Å². The second-order valence-electron chi connectivity index (χ2n) is 5.78. The summed E-state index contributed by atoms with van der Waals surface area (Å²) in [5.41, 5.74) is 6.47. The number of carbonyl (C=O) groups is 1. The number of nitrogen functional groups attached to an aromatic ring is 1. The molecule has 0 saturated heterocycles. The molecule has 0 bridgehead atoms. The number of tetrazole rings is 1. The molecule has 1 aliphatic rings. The number of nitrogens with one attached hydrogen (secondary N) is 1. The van der Waals surface area contributed by atoms with Gasteiger partial charge in [0.1, 0.15) is 6.54 Å². The lowest BCUT2D eigenvalue weighted by Gasteiger charge is -2.38. The van der Waals surface area contributed by atoms with Gasteiger partial charge in [-0.05, 0) is 41.3 Å². The van der Waals surface area contributed by atoms with Crippen LogP contribution in [0.15, 0.2) is 24.4 Å². The van der Waals surface area contributed by atoms with Crippen LogP contribution >= 0.6 is 0 Å². The molecule has 1 amide bonds. The van der Waals surface area contributed by atoms with Crippen molar-refractivity contribution < 1.29 is 9.90 Å². The summed E-state index contributed by atoms with van der Waals surface area (Å²) in [6.45, 7) is -0.0349. The molecular formula is C14H19N7O2. The third kappa shape index (κ3) is 3.81. The normalized spacial score (nSPS) is 21.4. The van der Waals surface area contributed by atoms with Crippen molar-refractivity contribution in [3.8, 4) is 0 Å². The van der Waals surface area contributed by atoms with Crippen LogP contribution in [0.3, 0.4) is 0 Å². The highest BCUT2D eigenvalue weighted by Gasteiger charge is 2.35. The maximum Gasteiger partial charge on any atom is 0.242 e. The highest BCUT2D eigenvalue weighted by Crippen LogP contribution is 2.31. The second kappa shape index (κ2) is 6.69. The zero-order valence-corrected chi connectivity index (χ0v) is 12.5. The SMILES string of the molecule is Nc1nnnn1CC(=O)N[C@@H](Cc1ccccn1)C1CC(O)C1. The van der Waals surface area contributed by atoms with Crippen LogP contribution in [0, 0.1) is 5.92 Å². The lowest BCUT2D eigenvalue weighted by atomic mass is 9.76. The molecule has 4 N–H and O–H groups in total. The fourth-order valence-electron chi connectivity index (χ4n) is 2.75. The van der Waals surface area contributed by atoms with E-state index in [1.807, 2.05) is 18.2 Å². The van der Waals surface area contributed by atoms with Crippen molar-refractivity contribution >= 4 is 11.9 Å². The summed E-state index contributed by atoms with van der Waals surface area (Å²) in [5.74, 6) is 0.119. The van der Waals surface area contributed by atoms with E-state index in [4.69, 9.17) is 5.73 Å². The van der Waals surface area contributed by atoms with Crippen molar-refractivity contribution in [2.24, 2.45) is 5.92 Å². The Kier molecular flexibility index (Phi) is 4.47. The summed E-state index contributed by atoms with van der Waals surface area (Å²) in [6, 6.07) is 5.61. The van der Waals surface area contributed by atoms with Crippen molar-refractivity contribution in [3.63, 3.8) is 0 Å². The monoisotopic (exact) mass is 317 g/mol. The van der Waals surface area contributed by atoms with Crippen LogP contribution in [-0.4, -0.2) is 48.4 Å². The molecule has 122 valence electrons. The third-order valence-corrected chi connectivity index (χ3v) is 4.07. The average molecular weight is 317 g/mol. The van der Waals surface area contributed by atoms with Crippen LogP contribution in [0.5, 0.6) is 0 Å². The molecule has 2 aromatic heterocycles. The van der Waals surface area contributed by atoms with Gasteiger partial charge in [-0.2, -0.15) is 0 Å². The van der Waals surface area contributed by atoms with E-state index in [0.717, 1.165) is 5.69 Å². The molecule has 1 saturated carbocycles. The molecule has 9 nitrogen and oxygen atoms in total. The molecule has 0 radical (unpaired) electrons. The summed E-state index contributed by atoms with van der Waals surface area (Å²) in [5, 5.41) is 23.1. The standard InChI is InChI=1S/C14H19N7O2/c15-14-18-19-20-21(14)8-13(23)17-12(9-5-11(22)6-9)7-10-3-1-2-4-16-10/h1-4,9,11-12,22H,5-8H2,(H,17,23)(H2,15,18,20)/t9?,11?,12-/m0/s1. The number of nitrogens with two attached hydrogens (primary N) is 1. The number of aliphatic hydroxyl groups is 1. The van der Waals surface area contributed by atoms with E-state index in [9.17, 15) is 9.90 Å². The van der Waals surface area contributed by atoms with E-state index in [0.29, 0.717) is 19.3 Å². The molecule has 3 rings (SSSR count). The summed E-state index contributed by atoms with van der Waals surface area (Å²) in [7, 11) is 0. The van der Waals surface area contributed by atoms with Gasteiger partial charge in [0, 0.05) is 24.4 Å². The predicted molar refractivity (Wildman–Crippen MR) is 80.8 cm³/mol. The maximum absolute atomic E-state index is 12.2. The van der Waals surface area contributed by atoms with Crippen molar-refractivity contribution in [1.82, 2.24) is 30.5 Å². The number of carbonyl (C=O) groups excluding carboxylic acids is 1. The van der Waals surface area contributed by atoms with Gasteiger partial charge in [-0.15, -0.1) is 0 Å². The molecule has 0 spiro atoms. The number of aliphatic hydroxyl groups excluding tert-OH is 1. The largest absolute Gasteiger partial charge is 0.393 e. The molecular weight excluding hydrogens is 298 g/mol. The average Bonchev–Trinajstić information content (AvgIpc) is 2.89. The Bertz CT molecular complexity index is 654. The molecule has 0 unspecified atom stereocenters. The number of rotatable bonds is 6. The van der Waals surface area contributed by atoms with E-state index in [1.165, 1.54) is 4.68 Å². The van der Waals surface area contributed by atoms with E-state index in [1.54, 1.807) is 6.20 Å². The van der Waals surface area contributed by atoms with Gasteiger partial charge < -0.3 is 16.2 Å². The van der Waals surface area contributed by atoms with Gasteiger partial charge in [-0.3, -0.25) is 9.78 Å². The molecule has 0 aromatic carbocycles. The van der Waals surface area contributed by atoms with Gasteiger partial charge in [0.2, 0.25) is 11.9 Å². The molecule has 0 aliphatic heterocycles. The van der Waals surface area contributed by atoms with Crippen molar-refractivity contribution in [3.05, 3.63) is 30.1 Å². The van der Waals surface area contributed by atoms with Gasteiger partial charge in [-0.25, -0.2) is 4.68 Å². The Morgan fingerprint density at radius 2 is 2.30 bits per heavy atom. The number of hydrogen-bond donors (Lipinski definition) is 3. The molecule has 9 heteroatoms. The van der Waals surface area contributed by atoms with Gasteiger partial charge in [0.05, 0.1) is 6.10 Å². The first-order chi connectivity index (χ1) is 11.1. The first-order valence-electron chi connectivity index (χ1n) is 7.51. The topological polar surface area (TPSA) is 132 Å². The minimum absolute atomic E-state index is 0.0349. The summed E-state index contributed by atoms with van der Waals surface area (Å²) in [6.07, 6.45) is 3.44. The van der Waals surface area contributed by atoms with Crippen LogP contribution in [0.2, 0.25) is 0 Å². The predicted octanol–water partition coefficient (Wildman–Crippen LogP) is -0.851. The highest BCUT2D eigenvalue weighted by atomic mass is 16.3. The van der Waals surface area contributed by atoms with Gasteiger partial charge >= 0.3 is 0 Å². The van der Waals surface area contributed by atoms with Crippen molar-refractivity contribution in [2.75, 3.05) is 5.73 Å². The Labute approximate surface area is 132 Å². The van der Waals surface area contributed by atoms with Gasteiger partial charge in [-0.1, -0.05) is 11.2 Å². The van der Waals surface area contributed by atoms with Gasteiger partial charge in [0.25, 0.3) is 0 Å². The van der Waals surface area contributed by atoms with E-state index < -0.39 is 0 Å². The first-order valence-corrected chi connectivity index (χ1v) is 7.51. The molecule has 1 aliphatic carbocycles. The molecule has 1 fully saturated rings. The Hall–Kier alpha value is -2.55. The quantitative estimate of drug-likeness (QED) is 0.632. The molecule has 1 atom stereocenters. The number of nitrogens with zero attached hydrogens (tertiary/aromatic N) is 5. The fourth-order valence-corrected chi connectivity index (χ4v) is 2.75. The minimum Gasteiger partial charge on any atom is -0.393 e. The minimum atomic E-state index is -0.279. The maximum atomic E-state index is 12.2. The van der Waals surface area contributed by atoms with Crippen LogP contribution in [0.25, 0.3) is 0 Å². The Morgan fingerprint density at radius 3 is 2.91 bits per heavy atom. The van der Waals surface area contributed by atoms with E-state index >= 15 is 0 Å². The lowest BCUT2D eigenvalue weighted by molar-refractivity contribution is -0.123. The van der Waals surface area contributed by atoms with Crippen molar-refractivity contribution in [2.45, 2.75) is 38.0 Å².